The van der Waals surface area contributed by atoms with Crippen LogP contribution in [0.1, 0.15) is 10.4 Å². The van der Waals surface area contributed by atoms with Gasteiger partial charge in [0.05, 0.1) is 18.9 Å². The smallest absolute Gasteiger partial charge is 0.491 e. The Bertz CT molecular complexity index is 408. The molecule has 0 N–H and O–H groups in total. The molecule has 0 fully saturated rings. The first-order valence-electron chi connectivity index (χ1n) is 3.82. The maximum atomic E-state index is 12.1. The van der Waals surface area contributed by atoms with E-state index in [9.17, 15) is 18.0 Å². The number of pyridine rings is 1. The van der Waals surface area contributed by atoms with Crippen molar-refractivity contribution in [1.82, 2.24) is 4.98 Å². The van der Waals surface area contributed by atoms with Crippen LogP contribution in [0.3, 0.4) is 0 Å². The first kappa shape index (κ1) is 13.0. The number of nitrogens with zero attached hydrogens (tertiary/aromatic N) is 1. The summed E-state index contributed by atoms with van der Waals surface area (Å²) in [5.41, 5.74) is -0.294. The third-order valence-corrected chi connectivity index (χ3v) is 2.40. The quantitative estimate of drug-likeness (QED) is 0.479. The summed E-state index contributed by atoms with van der Waals surface area (Å²) in [4.78, 5) is 14.3. The Balaban J connectivity index is 3.31. The SMILES string of the molecule is COc1cnc(I)c(C=O)c1OC(F)(F)F. The summed E-state index contributed by atoms with van der Waals surface area (Å²) in [6.07, 6.45) is -3.61. The Labute approximate surface area is 102 Å². The molecule has 0 saturated heterocycles. The van der Waals surface area contributed by atoms with Gasteiger partial charge in [-0.25, -0.2) is 4.98 Å². The normalized spacial score (nSPS) is 11.1. The molecule has 4 nitrogen and oxygen atoms in total. The maximum Gasteiger partial charge on any atom is 0.573 e. The molecule has 0 atom stereocenters. The van der Waals surface area contributed by atoms with Gasteiger partial charge < -0.3 is 9.47 Å². The molecule has 0 aliphatic carbocycles. The van der Waals surface area contributed by atoms with Gasteiger partial charge in [-0.1, -0.05) is 0 Å². The number of carbonyl (C=O) groups excluding carboxylic acids is 1. The van der Waals surface area contributed by atoms with Crippen molar-refractivity contribution in [2.24, 2.45) is 0 Å². The zero-order chi connectivity index (χ0) is 12.3. The number of carbonyl (C=O) groups is 1. The fourth-order valence-corrected chi connectivity index (χ4v) is 1.45. The van der Waals surface area contributed by atoms with E-state index in [1.807, 2.05) is 0 Å². The third kappa shape index (κ3) is 2.97. The predicted octanol–water partition coefficient (Wildman–Crippen LogP) is 2.41. The molecular weight excluding hydrogens is 342 g/mol. The van der Waals surface area contributed by atoms with Crippen molar-refractivity contribution in [3.63, 3.8) is 0 Å². The number of hydrogen-bond acceptors (Lipinski definition) is 4. The molecule has 8 heteroatoms. The van der Waals surface area contributed by atoms with Crippen LogP contribution in [0.15, 0.2) is 6.20 Å². The fourth-order valence-electron chi connectivity index (χ4n) is 0.938. The molecule has 88 valence electrons. The van der Waals surface area contributed by atoms with Crippen molar-refractivity contribution in [2.75, 3.05) is 7.11 Å². The van der Waals surface area contributed by atoms with Crippen LogP contribution in [0.2, 0.25) is 0 Å². The van der Waals surface area contributed by atoms with Gasteiger partial charge in [-0.05, 0) is 22.6 Å². The van der Waals surface area contributed by atoms with Crippen LogP contribution in [-0.2, 0) is 0 Å². The van der Waals surface area contributed by atoms with E-state index >= 15 is 0 Å². The van der Waals surface area contributed by atoms with E-state index in [4.69, 9.17) is 0 Å². The van der Waals surface area contributed by atoms with Gasteiger partial charge in [-0.15, -0.1) is 13.2 Å². The number of aromatic nitrogens is 1. The highest BCUT2D eigenvalue weighted by molar-refractivity contribution is 14.1. The summed E-state index contributed by atoms with van der Waals surface area (Å²) in [7, 11) is 1.15. The molecule has 1 aromatic rings. The Kier molecular flexibility index (Phi) is 3.94. The van der Waals surface area contributed by atoms with Crippen LogP contribution >= 0.6 is 22.6 Å². The van der Waals surface area contributed by atoms with Crippen LogP contribution < -0.4 is 9.47 Å². The van der Waals surface area contributed by atoms with Crippen LogP contribution in [-0.4, -0.2) is 24.7 Å². The lowest BCUT2D eigenvalue weighted by Gasteiger charge is -2.14. The van der Waals surface area contributed by atoms with E-state index in [2.05, 4.69) is 14.5 Å². The monoisotopic (exact) mass is 347 g/mol. The van der Waals surface area contributed by atoms with E-state index in [-0.39, 0.29) is 21.3 Å². The number of hydrogen-bond donors (Lipinski definition) is 0. The van der Waals surface area contributed by atoms with Crippen LogP contribution in [0.5, 0.6) is 11.5 Å². The summed E-state index contributed by atoms with van der Waals surface area (Å²) in [6, 6.07) is 0. The van der Waals surface area contributed by atoms with Gasteiger partial charge in [0, 0.05) is 0 Å². The summed E-state index contributed by atoms with van der Waals surface area (Å²) in [5, 5.41) is 0. The van der Waals surface area contributed by atoms with Crippen molar-refractivity contribution in [3.05, 3.63) is 15.5 Å². The number of rotatable bonds is 3. The lowest BCUT2D eigenvalue weighted by molar-refractivity contribution is -0.275. The van der Waals surface area contributed by atoms with Gasteiger partial charge in [0.1, 0.15) is 3.70 Å². The molecule has 0 aliphatic rings. The largest absolute Gasteiger partial charge is 0.573 e. The van der Waals surface area contributed by atoms with Crippen LogP contribution in [0, 0.1) is 3.70 Å². The summed E-state index contributed by atoms with van der Waals surface area (Å²) in [6.45, 7) is 0. The van der Waals surface area contributed by atoms with E-state index < -0.39 is 12.1 Å². The van der Waals surface area contributed by atoms with Gasteiger partial charge in [-0.3, -0.25) is 4.79 Å². The second-order valence-corrected chi connectivity index (χ2v) is 3.55. The lowest BCUT2D eigenvalue weighted by Crippen LogP contribution is -2.19. The average Bonchev–Trinajstić information content (AvgIpc) is 2.16. The standard InChI is InChI=1S/C8H5F3INO3/c1-15-5-2-13-7(12)4(3-14)6(5)16-8(9,10)11/h2-3H,1H3. The fraction of sp³-hybridized carbons (Fsp3) is 0.250. The number of methoxy groups -OCH3 is 1. The third-order valence-electron chi connectivity index (χ3n) is 1.54. The van der Waals surface area contributed by atoms with E-state index in [0.29, 0.717) is 0 Å². The molecule has 0 bridgehead atoms. The predicted molar refractivity (Wildman–Crippen MR) is 55.6 cm³/mol. The molecule has 0 amide bonds. The average molecular weight is 347 g/mol. The molecule has 0 spiro atoms. The highest BCUT2D eigenvalue weighted by Crippen LogP contribution is 2.35. The van der Waals surface area contributed by atoms with Crippen molar-refractivity contribution < 1.29 is 27.4 Å². The molecular formula is C8H5F3INO3. The molecule has 0 aliphatic heterocycles. The molecule has 0 aromatic carbocycles. The Morgan fingerprint density at radius 3 is 2.56 bits per heavy atom. The molecule has 1 rings (SSSR count). The number of halogens is 4. The number of alkyl halides is 3. The molecule has 0 saturated carbocycles. The van der Waals surface area contributed by atoms with Crippen molar-refractivity contribution in [3.8, 4) is 11.5 Å². The van der Waals surface area contributed by atoms with Crippen LogP contribution in [0.4, 0.5) is 13.2 Å². The Hall–Kier alpha value is -1.06. The lowest BCUT2D eigenvalue weighted by atomic mass is 10.2. The highest BCUT2D eigenvalue weighted by atomic mass is 127. The maximum absolute atomic E-state index is 12.1. The van der Waals surface area contributed by atoms with Gasteiger partial charge in [0.15, 0.2) is 17.8 Å². The minimum absolute atomic E-state index is 0.104. The topological polar surface area (TPSA) is 48.4 Å². The van der Waals surface area contributed by atoms with Crippen LogP contribution in [0.25, 0.3) is 0 Å². The van der Waals surface area contributed by atoms with Gasteiger partial charge in [0.2, 0.25) is 0 Å². The first-order valence-corrected chi connectivity index (χ1v) is 4.90. The van der Waals surface area contributed by atoms with E-state index in [1.54, 1.807) is 22.6 Å². The van der Waals surface area contributed by atoms with Gasteiger partial charge >= 0.3 is 6.36 Å². The number of aldehydes is 1. The first-order chi connectivity index (χ1) is 7.39. The minimum atomic E-state index is -4.89. The Morgan fingerprint density at radius 1 is 1.50 bits per heavy atom. The molecule has 0 radical (unpaired) electrons. The second kappa shape index (κ2) is 4.85. The number of ether oxygens (including phenoxy) is 2. The van der Waals surface area contributed by atoms with E-state index in [0.717, 1.165) is 13.3 Å². The zero-order valence-corrected chi connectivity index (χ0v) is 10.00. The van der Waals surface area contributed by atoms with E-state index in [1.165, 1.54) is 0 Å². The van der Waals surface area contributed by atoms with Gasteiger partial charge in [-0.2, -0.15) is 0 Å². The molecule has 0 unspecified atom stereocenters. The molecule has 1 aromatic heterocycles. The van der Waals surface area contributed by atoms with Gasteiger partial charge in [0.25, 0.3) is 0 Å². The summed E-state index contributed by atoms with van der Waals surface area (Å²) in [5.74, 6) is -0.927. The molecule has 1 heterocycles. The summed E-state index contributed by atoms with van der Waals surface area (Å²) >= 11 is 1.63. The summed E-state index contributed by atoms with van der Waals surface area (Å²) < 4.78 is 44.7. The highest BCUT2D eigenvalue weighted by Gasteiger charge is 2.34. The van der Waals surface area contributed by atoms with Crippen molar-refractivity contribution in [1.29, 1.82) is 0 Å². The minimum Gasteiger partial charge on any atom is -0.491 e. The van der Waals surface area contributed by atoms with Crippen molar-refractivity contribution in [2.45, 2.75) is 6.36 Å². The second-order valence-electron chi connectivity index (χ2n) is 2.53. The zero-order valence-electron chi connectivity index (χ0n) is 7.84. The van der Waals surface area contributed by atoms with Crippen molar-refractivity contribution >= 4 is 28.9 Å². The molecule has 16 heavy (non-hydrogen) atoms. The Morgan fingerprint density at radius 2 is 2.12 bits per heavy atom.